The molecular weight excluding hydrogens is 631 g/mol. The molecule has 0 N–H and O–H groups in total. The maximum absolute atomic E-state index is 6.29. The number of para-hydroxylation sites is 2. The fraction of sp³-hybridized carbons (Fsp3) is 0.368. The van der Waals surface area contributed by atoms with E-state index in [1.165, 1.54) is 52.9 Å². The summed E-state index contributed by atoms with van der Waals surface area (Å²) in [4.78, 5) is 12.4. The number of likely N-dealkylation sites (N-methyl/N-ethyl adjacent to an activating group) is 1. The molecule has 0 bridgehead atoms. The van der Waals surface area contributed by atoms with Crippen molar-refractivity contribution in [2.24, 2.45) is 0 Å². The van der Waals surface area contributed by atoms with Crippen LogP contribution in [0.15, 0.2) is 113 Å². The summed E-state index contributed by atoms with van der Waals surface area (Å²) in [6.45, 7) is 11.5. The molecule has 1 unspecified atom stereocenters. The Hall–Kier alpha value is -2.71. The zero-order chi connectivity index (χ0) is 32.1. The molecule has 244 valence electrons. The smallest absolute Gasteiger partial charge is 0.119 e. The molecule has 1 fully saturated rings. The maximum Gasteiger partial charge on any atom is 0.119 e. The first-order valence-electron chi connectivity index (χ1n) is 16.3. The Kier molecular flexibility index (Phi) is 13.5. The van der Waals surface area contributed by atoms with E-state index in [1.54, 1.807) is 0 Å². The fourth-order valence-electron chi connectivity index (χ4n) is 5.79. The number of anilines is 2. The van der Waals surface area contributed by atoms with Gasteiger partial charge in [-0.05, 0) is 75.0 Å². The van der Waals surface area contributed by atoms with Gasteiger partial charge >= 0.3 is 0 Å². The number of benzene rings is 4. The van der Waals surface area contributed by atoms with E-state index in [1.807, 2.05) is 54.2 Å². The Morgan fingerprint density at radius 3 is 2.22 bits per heavy atom. The lowest BCUT2D eigenvalue weighted by Gasteiger charge is -2.35. The molecule has 5 nitrogen and oxygen atoms in total. The molecular formula is C38H46Cl2N4OS. The second-order valence-electron chi connectivity index (χ2n) is 12.0. The number of hydrogen-bond donors (Lipinski definition) is 0. The van der Waals surface area contributed by atoms with Crippen LogP contribution in [0.4, 0.5) is 11.4 Å². The minimum absolute atomic E-state index is 0.309. The normalized spacial score (nSPS) is 15.5. The van der Waals surface area contributed by atoms with Gasteiger partial charge in [-0.2, -0.15) is 0 Å². The summed E-state index contributed by atoms with van der Waals surface area (Å²) in [6, 6.07) is 35.6. The van der Waals surface area contributed by atoms with E-state index in [-0.39, 0.29) is 0 Å². The van der Waals surface area contributed by atoms with Crippen molar-refractivity contribution in [2.45, 2.75) is 35.7 Å². The van der Waals surface area contributed by atoms with Gasteiger partial charge in [0.1, 0.15) is 12.4 Å². The predicted octanol–water partition coefficient (Wildman–Crippen LogP) is 8.78. The highest BCUT2D eigenvalue weighted by atomic mass is 35.5. The number of ether oxygens (including phenoxy) is 1. The Morgan fingerprint density at radius 2 is 1.48 bits per heavy atom. The first kappa shape index (κ1) is 34.6. The number of alkyl halides is 1. The number of hydrogen-bond acceptors (Lipinski definition) is 6. The van der Waals surface area contributed by atoms with E-state index < -0.39 is 0 Å². The third-order valence-corrected chi connectivity index (χ3v) is 10.0. The predicted molar refractivity (Wildman–Crippen MR) is 197 cm³/mol. The van der Waals surface area contributed by atoms with Gasteiger partial charge in [0.15, 0.2) is 0 Å². The van der Waals surface area contributed by atoms with Crippen molar-refractivity contribution in [1.29, 1.82) is 0 Å². The summed E-state index contributed by atoms with van der Waals surface area (Å²) in [6.07, 6.45) is 1.16. The average molecular weight is 678 g/mol. The largest absolute Gasteiger partial charge is 0.492 e. The van der Waals surface area contributed by atoms with E-state index in [0.29, 0.717) is 18.5 Å². The lowest BCUT2D eigenvalue weighted by Crippen LogP contribution is -2.45. The van der Waals surface area contributed by atoms with E-state index in [9.17, 15) is 0 Å². The minimum atomic E-state index is 0.309. The summed E-state index contributed by atoms with van der Waals surface area (Å²) >= 11 is 14.1. The van der Waals surface area contributed by atoms with Gasteiger partial charge in [-0.15, -0.1) is 11.6 Å². The molecule has 0 aliphatic carbocycles. The van der Waals surface area contributed by atoms with Crippen LogP contribution in [0.25, 0.3) is 0 Å². The standard InChI is InChI=1S/C20H24ClN3S.C18H22ClNO/c1-22-11-13-23(14-12-22)9-4-10-24-17-5-2-3-6-19(17)25-20-8-7-16(21)15-18(20)24;1-16(15-21-18-10-6-3-7-11-18)20(13-12-19)14-17-8-4-2-5-9-17/h2-3,5-8,15H,4,9-14H2,1H3;2-11,16H,12-15H2,1H3. The lowest BCUT2D eigenvalue weighted by atomic mass is 10.2. The summed E-state index contributed by atoms with van der Waals surface area (Å²) < 4.78 is 5.85. The van der Waals surface area contributed by atoms with Gasteiger partial charge in [0, 0.05) is 72.5 Å². The Morgan fingerprint density at radius 1 is 0.804 bits per heavy atom. The number of fused-ring (bicyclic) bond motifs is 2. The molecule has 4 aromatic rings. The fourth-order valence-corrected chi connectivity index (χ4v) is 7.25. The third-order valence-electron chi connectivity index (χ3n) is 8.50. The maximum atomic E-state index is 6.29. The number of piperazine rings is 1. The molecule has 2 heterocycles. The molecule has 2 aliphatic heterocycles. The van der Waals surface area contributed by atoms with Crippen molar-refractivity contribution in [2.75, 3.05) is 70.2 Å². The Labute approximate surface area is 290 Å². The van der Waals surface area contributed by atoms with Crippen LogP contribution >= 0.6 is 35.0 Å². The Balaban J connectivity index is 0.000000184. The molecule has 46 heavy (non-hydrogen) atoms. The summed E-state index contributed by atoms with van der Waals surface area (Å²) in [5.41, 5.74) is 3.85. The van der Waals surface area contributed by atoms with Crippen molar-refractivity contribution in [3.63, 3.8) is 0 Å². The zero-order valence-corrected chi connectivity index (χ0v) is 29.4. The summed E-state index contributed by atoms with van der Waals surface area (Å²) in [5.74, 6) is 1.54. The van der Waals surface area contributed by atoms with Crippen LogP contribution in [0.5, 0.6) is 5.75 Å². The summed E-state index contributed by atoms with van der Waals surface area (Å²) in [7, 11) is 2.21. The van der Waals surface area contributed by atoms with Gasteiger partial charge in [0.25, 0.3) is 0 Å². The van der Waals surface area contributed by atoms with Crippen LogP contribution in [0.3, 0.4) is 0 Å². The van der Waals surface area contributed by atoms with Crippen molar-refractivity contribution in [3.05, 3.63) is 114 Å². The highest BCUT2D eigenvalue weighted by Gasteiger charge is 2.23. The monoisotopic (exact) mass is 676 g/mol. The number of nitrogens with zero attached hydrogens (tertiary/aromatic N) is 4. The van der Waals surface area contributed by atoms with E-state index in [4.69, 9.17) is 27.9 Å². The number of rotatable bonds is 12. The van der Waals surface area contributed by atoms with Crippen LogP contribution in [-0.2, 0) is 6.54 Å². The molecule has 1 saturated heterocycles. The quantitative estimate of drug-likeness (QED) is 0.139. The number of halogens is 2. The van der Waals surface area contributed by atoms with Crippen LogP contribution in [0.2, 0.25) is 5.02 Å². The second kappa shape index (κ2) is 18.0. The average Bonchev–Trinajstić information content (AvgIpc) is 3.09. The highest BCUT2D eigenvalue weighted by Crippen LogP contribution is 2.48. The van der Waals surface area contributed by atoms with Gasteiger partial charge in [-0.25, -0.2) is 0 Å². The second-order valence-corrected chi connectivity index (χ2v) is 13.8. The first-order chi connectivity index (χ1) is 22.5. The molecule has 4 aromatic carbocycles. The highest BCUT2D eigenvalue weighted by molar-refractivity contribution is 7.99. The molecule has 0 aromatic heterocycles. The first-order valence-corrected chi connectivity index (χ1v) is 18.0. The van der Waals surface area contributed by atoms with Crippen molar-refractivity contribution in [1.82, 2.24) is 14.7 Å². The zero-order valence-electron chi connectivity index (χ0n) is 27.0. The Bertz CT molecular complexity index is 1470. The third kappa shape index (κ3) is 10.1. The van der Waals surface area contributed by atoms with Gasteiger partial charge in [-0.1, -0.05) is 84.0 Å². The molecule has 2 aliphatic rings. The molecule has 0 amide bonds. The van der Waals surface area contributed by atoms with Crippen LogP contribution in [-0.4, -0.2) is 86.1 Å². The molecule has 6 rings (SSSR count). The SMILES string of the molecule is CC(COc1ccccc1)N(CCCl)Cc1ccccc1.CN1CCN(CCCN2c3ccccc3Sc3ccc(Cl)cc32)CC1. The molecule has 1 atom stereocenters. The van der Waals surface area contributed by atoms with E-state index >= 15 is 0 Å². The topological polar surface area (TPSA) is 22.2 Å². The van der Waals surface area contributed by atoms with Crippen LogP contribution in [0, 0.1) is 0 Å². The molecule has 8 heteroatoms. The molecule has 0 saturated carbocycles. The van der Waals surface area contributed by atoms with E-state index in [2.05, 4.69) is 94.2 Å². The van der Waals surface area contributed by atoms with Gasteiger partial charge in [0.05, 0.1) is 11.4 Å². The molecule has 0 spiro atoms. The minimum Gasteiger partial charge on any atom is -0.492 e. The molecule has 0 radical (unpaired) electrons. The van der Waals surface area contributed by atoms with Crippen molar-refractivity contribution >= 4 is 46.3 Å². The summed E-state index contributed by atoms with van der Waals surface area (Å²) in [5, 5.41) is 0.808. The van der Waals surface area contributed by atoms with Gasteiger partial charge in [-0.3, -0.25) is 4.90 Å². The van der Waals surface area contributed by atoms with Crippen molar-refractivity contribution in [3.8, 4) is 5.75 Å². The lowest BCUT2D eigenvalue weighted by molar-refractivity contribution is 0.146. The van der Waals surface area contributed by atoms with Crippen LogP contribution in [0.1, 0.15) is 18.9 Å². The van der Waals surface area contributed by atoms with Crippen molar-refractivity contribution < 1.29 is 4.74 Å². The van der Waals surface area contributed by atoms with Gasteiger partial charge in [0.2, 0.25) is 0 Å². The van der Waals surface area contributed by atoms with E-state index in [0.717, 1.165) is 43.4 Å². The van der Waals surface area contributed by atoms with Crippen LogP contribution < -0.4 is 9.64 Å². The van der Waals surface area contributed by atoms with Gasteiger partial charge < -0.3 is 19.4 Å².